The third-order valence-electron chi connectivity index (χ3n) is 3.63. The normalized spacial score (nSPS) is 10.6. The van der Waals surface area contributed by atoms with Gasteiger partial charge in [0.25, 0.3) is 0 Å². The molecule has 1 nitrogen and oxygen atoms in total. The molecule has 0 amide bonds. The second-order valence-electron chi connectivity index (χ2n) is 5.30. The van der Waals surface area contributed by atoms with Crippen molar-refractivity contribution in [3.63, 3.8) is 0 Å². The van der Waals surface area contributed by atoms with Crippen LogP contribution in [-0.4, -0.2) is 6.29 Å². The first-order chi connectivity index (χ1) is 10.8. The summed E-state index contributed by atoms with van der Waals surface area (Å²) in [4.78, 5) is 0. The van der Waals surface area contributed by atoms with Crippen LogP contribution < -0.4 is 15.9 Å². The number of benzene rings is 3. The van der Waals surface area contributed by atoms with E-state index in [4.69, 9.17) is 0 Å². The van der Waals surface area contributed by atoms with Crippen molar-refractivity contribution in [1.29, 1.82) is 0 Å². The Bertz CT molecular complexity index is 653. The number of hydrogen-bond acceptors (Lipinski definition) is 1. The average Bonchev–Trinajstić information content (AvgIpc) is 2.59. The molecule has 2 heteroatoms. The molecule has 110 valence electrons. The van der Waals surface area contributed by atoms with Crippen molar-refractivity contribution in [3.8, 4) is 0 Å². The highest BCUT2D eigenvalue weighted by Gasteiger charge is 2.12. The van der Waals surface area contributed by atoms with Crippen LogP contribution in [0.15, 0.2) is 84.9 Å². The minimum atomic E-state index is -0.393. The highest BCUT2D eigenvalue weighted by molar-refractivity contribution is 7.73. The van der Waals surface area contributed by atoms with Gasteiger partial charge in [-0.25, -0.2) is 0 Å². The standard InChI is InChI=1S/C20H20NP/c1-17-12-14-18(15-13-17)21-16-22(19-8-4-2-5-9-19)20-10-6-3-7-11-20/h2-15,21H,16H2,1H3. The molecule has 0 aromatic heterocycles. The smallest absolute Gasteiger partial charge is 0.0430 e. The summed E-state index contributed by atoms with van der Waals surface area (Å²) >= 11 is 0. The summed E-state index contributed by atoms with van der Waals surface area (Å²) in [6.07, 6.45) is 0.951. The molecule has 0 radical (unpaired) electrons. The van der Waals surface area contributed by atoms with Crippen molar-refractivity contribution in [1.82, 2.24) is 0 Å². The first-order valence-electron chi connectivity index (χ1n) is 7.51. The zero-order chi connectivity index (χ0) is 15.2. The van der Waals surface area contributed by atoms with Crippen molar-refractivity contribution < 1.29 is 0 Å². The number of hydrogen-bond donors (Lipinski definition) is 1. The zero-order valence-electron chi connectivity index (χ0n) is 12.7. The fourth-order valence-electron chi connectivity index (χ4n) is 2.39. The minimum Gasteiger partial charge on any atom is -0.381 e. The Morgan fingerprint density at radius 2 is 1.18 bits per heavy atom. The second-order valence-corrected chi connectivity index (χ2v) is 7.51. The van der Waals surface area contributed by atoms with Crippen LogP contribution in [-0.2, 0) is 0 Å². The van der Waals surface area contributed by atoms with E-state index in [0.29, 0.717) is 0 Å². The van der Waals surface area contributed by atoms with Gasteiger partial charge in [0.1, 0.15) is 0 Å². The number of anilines is 1. The molecule has 0 atom stereocenters. The van der Waals surface area contributed by atoms with Crippen molar-refractivity contribution in [2.45, 2.75) is 6.92 Å². The number of nitrogens with one attached hydrogen (secondary N) is 1. The molecule has 0 aliphatic rings. The molecule has 0 fully saturated rings. The lowest BCUT2D eigenvalue weighted by Crippen LogP contribution is -2.17. The fourth-order valence-corrected chi connectivity index (χ4v) is 4.46. The van der Waals surface area contributed by atoms with Gasteiger partial charge >= 0.3 is 0 Å². The van der Waals surface area contributed by atoms with Crippen LogP contribution in [0.1, 0.15) is 5.56 Å². The van der Waals surface area contributed by atoms with Crippen LogP contribution >= 0.6 is 7.92 Å². The van der Waals surface area contributed by atoms with E-state index < -0.39 is 7.92 Å². The van der Waals surface area contributed by atoms with Gasteiger partial charge < -0.3 is 5.32 Å². The van der Waals surface area contributed by atoms with Crippen LogP contribution in [0.2, 0.25) is 0 Å². The molecule has 1 N–H and O–H groups in total. The summed E-state index contributed by atoms with van der Waals surface area (Å²) < 4.78 is 0. The maximum atomic E-state index is 3.60. The SMILES string of the molecule is Cc1ccc(NCP(c2ccccc2)c2ccccc2)cc1. The van der Waals surface area contributed by atoms with E-state index in [1.165, 1.54) is 21.9 Å². The third kappa shape index (κ3) is 3.75. The lowest BCUT2D eigenvalue weighted by Gasteiger charge is -2.20. The predicted octanol–water partition coefficient (Wildman–Crippen LogP) is 4.50. The Hall–Kier alpha value is -2.11. The molecule has 22 heavy (non-hydrogen) atoms. The van der Waals surface area contributed by atoms with E-state index in [2.05, 4.69) is 97.2 Å². The maximum absolute atomic E-state index is 3.60. The molecule has 3 aromatic rings. The van der Waals surface area contributed by atoms with Crippen LogP contribution in [0.5, 0.6) is 0 Å². The first kappa shape index (κ1) is 14.8. The molecule has 3 aromatic carbocycles. The van der Waals surface area contributed by atoms with Gasteiger partial charge in [-0.05, 0) is 37.6 Å². The molecule has 0 aliphatic carbocycles. The van der Waals surface area contributed by atoms with E-state index in [9.17, 15) is 0 Å². The second kappa shape index (κ2) is 7.24. The summed E-state index contributed by atoms with van der Waals surface area (Å²) in [5.74, 6) is 0. The summed E-state index contributed by atoms with van der Waals surface area (Å²) in [5.41, 5.74) is 2.48. The Balaban J connectivity index is 1.81. The van der Waals surface area contributed by atoms with Crippen LogP contribution in [0, 0.1) is 6.92 Å². The quantitative estimate of drug-likeness (QED) is 0.685. The average molecular weight is 305 g/mol. The topological polar surface area (TPSA) is 12.0 Å². The van der Waals surface area contributed by atoms with Crippen molar-refractivity contribution in [2.75, 3.05) is 11.6 Å². The van der Waals surface area contributed by atoms with Crippen molar-refractivity contribution in [3.05, 3.63) is 90.5 Å². The summed E-state index contributed by atoms with van der Waals surface area (Å²) in [6.45, 7) is 2.12. The van der Waals surface area contributed by atoms with Crippen molar-refractivity contribution >= 4 is 24.2 Å². The molecular formula is C20H20NP. The molecule has 0 aliphatic heterocycles. The lowest BCUT2D eigenvalue weighted by atomic mass is 10.2. The minimum absolute atomic E-state index is 0.393. The first-order valence-corrected chi connectivity index (χ1v) is 9.04. The predicted molar refractivity (Wildman–Crippen MR) is 98.7 cm³/mol. The molecule has 0 saturated carbocycles. The Morgan fingerprint density at radius 3 is 1.68 bits per heavy atom. The number of aryl methyl sites for hydroxylation is 1. The number of rotatable bonds is 5. The van der Waals surface area contributed by atoms with Gasteiger partial charge in [0, 0.05) is 12.0 Å². The van der Waals surface area contributed by atoms with E-state index in [1.807, 2.05) is 0 Å². The summed E-state index contributed by atoms with van der Waals surface area (Å²) in [6, 6.07) is 30.2. The van der Waals surface area contributed by atoms with Crippen LogP contribution in [0.3, 0.4) is 0 Å². The Morgan fingerprint density at radius 1 is 0.682 bits per heavy atom. The van der Waals surface area contributed by atoms with E-state index in [0.717, 1.165) is 6.29 Å². The zero-order valence-corrected chi connectivity index (χ0v) is 13.6. The Kier molecular flexibility index (Phi) is 4.88. The van der Waals surface area contributed by atoms with Crippen molar-refractivity contribution in [2.24, 2.45) is 0 Å². The maximum Gasteiger partial charge on any atom is 0.0430 e. The van der Waals surface area contributed by atoms with Gasteiger partial charge in [-0.1, -0.05) is 78.4 Å². The van der Waals surface area contributed by atoms with Crippen LogP contribution in [0.4, 0.5) is 5.69 Å². The largest absolute Gasteiger partial charge is 0.381 e. The van der Waals surface area contributed by atoms with Gasteiger partial charge in [-0.15, -0.1) is 0 Å². The highest BCUT2D eigenvalue weighted by Crippen LogP contribution is 2.33. The van der Waals surface area contributed by atoms with E-state index in [1.54, 1.807) is 0 Å². The molecule has 0 bridgehead atoms. The van der Waals surface area contributed by atoms with Gasteiger partial charge in [0.15, 0.2) is 0 Å². The summed E-state index contributed by atoms with van der Waals surface area (Å²) in [7, 11) is -0.393. The molecule has 0 unspecified atom stereocenters. The van der Waals surface area contributed by atoms with Crippen LogP contribution in [0.25, 0.3) is 0 Å². The third-order valence-corrected chi connectivity index (χ3v) is 5.95. The molecule has 0 spiro atoms. The monoisotopic (exact) mass is 305 g/mol. The van der Waals surface area contributed by atoms with E-state index in [-0.39, 0.29) is 0 Å². The lowest BCUT2D eigenvalue weighted by molar-refractivity contribution is 1.41. The summed E-state index contributed by atoms with van der Waals surface area (Å²) in [5, 5.41) is 6.41. The molecule has 0 saturated heterocycles. The van der Waals surface area contributed by atoms with Gasteiger partial charge in [-0.2, -0.15) is 0 Å². The molecular weight excluding hydrogens is 285 g/mol. The molecule has 0 heterocycles. The highest BCUT2D eigenvalue weighted by atomic mass is 31.1. The van der Waals surface area contributed by atoms with Gasteiger partial charge in [0.2, 0.25) is 0 Å². The molecule has 3 rings (SSSR count). The van der Waals surface area contributed by atoms with Gasteiger partial charge in [0.05, 0.1) is 0 Å². The van der Waals surface area contributed by atoms with Gasteiger partial charge in [-0.3, -0.25) is 0 Å². The van der Waals surface area contributed by atoms with E-state index >= 15 is 0 Å². The fraction of sp³-hybridized carbons (Fsp3) is 0.100. The Labute approximate surface area is 133 Å².